The molecule has 2 heterocycles. The van der Waals surface area contributed by atoms with Crippen LogP contribution in [0.4, 0.5) is 5.82 Å². The van der Waals surface area contributed by atoms with Crippen LogP contribution in [0.3, 0.4) is 0 Å². The summed E-state index contributed by atoms with van der Waals surface area (Å²) < 4.78 is 0. The zero-order valence-electron chi connectivity index (χ0n) is 12.4. The Balaban J connectivity index is 1.88. The van der Waals surface area contributed by atoms with Gasteiger partial charge in [-0.1, -0.05) is 6.07 Å². The molecule has 20 heavy (non-hydrogen) atoms. The molecule has 1 aromatic rings. The number of carbonyl (C=O) groups is 1. The number of nitrogens with zero attached hydrogens (tertiary/aromatic N) is 2. The number of anilines is 1. The lowest BCUT2D eigenvalue weighted by molar-refractivity contribution is 0.0927. The van der Waals surface area contributed by atoms with E-state index in [4.69, 9.17) is 0 Å². The molecule has 1 atom stereocenters. The summed E-state index contributed by atoms with van der Waals surface area (Å²) in [6, 6.07) is 5.61. The number of hydrogen-bond donors (Lipinski definition) is 2. The van der Waals surface area contributed by atoms with E-state index in [0.717, 1.165) is 32.0 Å². The van der Waals surface area contributed by atoms with Crippen molar-refractivity contribution in [1.29, 1.82) is 0 Å². The maximum Gasteiger partial charge on any atom is 0.270 e. The highest BCUT2D eigenvalue weighted by Gasteiger charge is 2.17. The van der Waals surface area contributed by atoms with Crippen molar-refractivity contribution in [2.75, 3.05) is 31.5 Å². The van der Waals surface area contributed by atoms with Gasteiger partial charge >= 0.3 is 0 Å². The SMILES string of the molecule is CCNc1cccc(C(=O)NC(C)CN2CCCC2)n1. The van der Waals surface area contributed by atoms with Gasteiger partial charge in [-0.15, -0.1) is 0 Å². The third kappa shape index (κ3) is 4.20. The first-order valence-corrected chi connectivity index (χ1v) is 7.43. The number of amides is 1. The van der Waals surface area contributed by atoms with E-state index < -0.39 is 0 Å². The molecule has 1 unspecified atom stereocenters. The molecular weight excluding hydrogens is 252 g/mol. The van der Waals surface area contributed by atoms with Gasteiger partial charge in [0.2, 0.25) is 0 Å². The summed E-state index contributed by atoms with van der Waals surface area (Å²) in [7, 11) is 0. The molecule has 1 fully saturated rings. The lowest BCUT2D eigenvalue weighted by Gasteiger charge is -2.21. The summed E-state index contributed by atoms with van der Waals surface area (Å²) in [6.45, 7) is 8.06. The van der Waals surface area contributed by atoms with E-state index in [-0.39, 0.29) is 11.9 Å². The second-order valence-electron chi connectivity index (χ2n) is 5.32. The molecule has 110 valence electrons. The fourth-order valence-corrected chi connectivity index (χ4v) is 2.54. The minimum atomic E-state index is -0.101. The van der Waals surface area contributed by atoms with Gasteiger partial charge in [-0.25, -0.2) is 4.98 Å². The van der Waals surface area contributed by atoms with Gasteiger partial charge in [0, 0.05) is 19.1 Å². The Hall–Kier alpha value is -1.62. The zero-order chi connectivity index (χ0) is 14.4. The number of aromatic nitrogens is 1. The van der Waals surface area contributed by atoms with E-state index >= 15 is 0 Å². The average Bonchev–Trinajstić information content (AvgIpc) is 2.92. The van der Waals surface area contributed by atoms with Gasteiger partial charge in [0.15, 0.2) is 0 Å². The lowest BCUT2D eigenvalue weighted by atomic mass is 10.2. The first-order chi connectivity index (χ1) is 9.69. The zero-order valence-corrected chi connectivity index (χ0v) is 12.4. The van der Waals surface area contributed by atoms with Crippen LogP contribution in [0.15, 0.2) is 18.2 Å². The van der Waals surface area contributed by atoms with Gasteiger partial charge in [-0.2, -0.15) is 0 Å². The number of carbonyl (C=O) groups excluding carboxylic acids is 1. The van der Waals surface area contributed by atoms with Crippen molar-refractivity contribution in [1.82, 2.24) is 15.2 Å². The fourth-order valence-electron chi connectivity index (χ4n) is 2.54. The predicted molar refractivity (Wildman–Crippen MR) is 81.0 cm³/mol. The number of pyridine rings is 1. The van der Waals surface area contributed by atoms with Crippen LogP contribution < -0.4 is 10.6 Å². The Bertz CT molecular complexity index is 443. The normalized spacial score (nSPS) is 16.9. The molecule has 1 aromatic heterocycles. The van der Waals surface area contributed by atoms with E-state index in [1.807, 2.05) is 26.0 Å². The largest absolute Gasteiger partial charge is 0.370 e. The van der Waals surface area contributed by atoms with Crippen molar-refractivity contribution in [3.05, 3.63) is 23.9 Å². The maximum atomic E-state index is 12.2. The Morgan fingerprint density at radius 3 is 2.85 bits per heavy atom. The molecule has 0 radical (unpaired) electrons. The second kappa shape index (κ2) is 7.24. The smallest absolute Gasteiger partial charge is 0.270 e. The lowest BCUT2D eigenvalue weighted by Crippen LogP contribution is -2.41. The second-order valence-corrected chi connectivity index (χ2v) is 5.32. The molecule has 2 rings (SSSR count). The van der Waals surface area contributed by atoms with Crippen LogP contribution in [0.1, 0.15) is 37.2 Å². The summed E-state index contributed by atoms with van der Waals surface area (Å²) in [5.74, 6) is 0.642. The highest BCUT2D eigenvalue weighted by atomic mass is 16.1. The minimum absolute atomic E-state index is 0.101. The van der Waals surface area contributed by atoms with E-state index in [2.05, 4.69) is 20.5 Å². The molecule has 2 N–H and O–H groups in total. The number of likely N-dealkylation sites (tertiary alicyclic amines) is 1. The van der Waals surface area contributed by atoms with Crippen LogP contribution in [0.2, 0.25) is 0 Å². The summed E-state index contributed by atoms with van der Waals surface area (Å²) >= 11 is 0. The first-order valence-electron chi connectivity index (χ1n) is 7.43. The Kier molecular flexibility index (Phi) is 5.35. The Labute approximate surface area is 120 Å². The fraction of sp³-hybridized carbons (Fsp3) is 0.600. The van der Waals surface area contributed by atoms with Gasteiger partial charge in [-0.3, -0.25) is 4.79 Å². The monoisotopic (exact) mass is 276 g/mol. The molecule has 5 heteroatoms. The molecule has 0 aromatic carbocycles. The van der Waals surface area contributed by atoms with Crippen LogP contribution in [0.5, 0.6) is 0 Å². The summed E-state index contributed by atoms with van der Waals surface area (Å²) in [4.78, 5) is 18.9. The number of rotatable bonds is 6. The van der Waals surface area contributed by atoms with Crippen molar-refractivity contribution in [2.45, 2.75) is 32.7 Å². The summed E-state index contributed by atoms with van der Waals surface area (Å²) in [5.41, 5.74) is 0.469. The third-order valence-electron chi connectivity index (χ3n) is 3.45. The molecule has 1 aliphatic heterocycles. The van der Waals surface area contributed by atoms with Crippen molar-refractivity contribution in [2.24, 2.45) is 0 Å². The molecule has 5 nitrogen and oxygen atoms in total. The predicted octanol–water partition coefficient (Wildman–Crippen LogP) is 1.73. The summed E-state index contributed by atoms with van der Waals surface area (Å²) in [5, 5.41) is 6.14. The van der Waals surface area contributed by atoms with Crippen LogP contribution in [0, 0.1) is 0 Å². The van der Waals surface area contributed by atoms with E-state index in [1.165, 1.54) is 12.8 Å². The van der Waals surface area contributed by atoms with Crippen molar-refractivity contribution in [3.8, 4) is 0 Å². The molecular formula is C15H24N4O. The van der Waals surface area contributed by atoms with Gasteiger partial charge < -0.3 is 15.5 Å². The van der Waals surface area contributed by atoms with Crippen LogP contribution in [-0.4, -0.2) is 48.0 Å². The molecule has 0 saturated carbocycles. The quantitative estimate of drug-likeness (QED) is 0.831. The Morgan fingerprint density at radius 2 is 2.15 bits per heavy atom. The number of nitrogens with one attached hydrogen (secondary N) is 2. The highest BCUT2D eigenvalue weighted by Crippen LogP contribution is 2.08. The van der Waals surface area contributed by atoms with Crippen LogP contribution in [-0.2, 0) is 0 Å². The number of hydrogen-bond acceptors (Lipinski definition) is 4. The van der Waals surface area contributed by atoms with Gasteiger partial charge in [-0.05, 0) is 51.9 Å². The van der Waals surface area contributed by atoms with Crippen molar-refractivity contribution in [3.63, 3.8) is 0 Å². The summed E-state index contributed by atoms with van der Waals surface area (Å²) in [6.07, 6.45) is 2.54. The van der Waals surface area contributed by atoms with Gasteiger partial charge in [0.25, 0.3) is 5.91 Å². The first kappa shape index (κ1) is 14.8. The molecule has 1 amide bonds. The standard InChI is InChI=1S/C15H24N4O/c1-3-16-14-8-6-7-13(18-14)15(20)17-12(2)11-19-9-4-5-10-19/h6-8,12H,3-5,9-11H2,1-2H3,(H,16,18)(H,17,20). The highest BCUT2D eigenvalue weighted by molar-refractivity contribution is 5.92. The molecule has 1 aliphatic rings. The molecule has 1 saturated heterocycles. The maximum absolute atomic E-state index is 12.2. The van der Waals surface area contributed by atoms with E-state index in [0.29, 0.717) is 5.69 Å². The van der Waals surface area contributed by atoms with Crippen molar-refractivity contribution >= 4 is 11.7 Å². The minimum Gasteiger partial charge on any atom is -0.370 e. The van der Waals surface area contributed by atoms with Crippen LogP contribution >= 0.6 is 0 Å². The topological polar surface area (TPSA) is 57.3 Å². The molecule has 0 bridgehead atoms. The van der Waals surface area contributed by atoms with Gasteiger partial charge in [0.05, 0.1) is 0 Å². The Morgan fingerprint density at radius 1 is 1.40 bits per heavy atom. The van der Waals surface area contributed by atoms with Crippen molar-refractivity contribution < 1.29 is 4.79 Å². The van der Waals surface area contributed by atoms with E-state index in [9.17, 15) is 4.79 Å². The third-order valence-corrected chi connectivity index (χ3v) is 3.45. The molecule has 0 aliphatic carbocycles. The van der Waals surface area contributed by atoms with Gasteiger partial charge in [0.1, 0.15) is 11.5 Å². The molecule has 0 spiro atoms. The van der Waals surface area contributed by atoms with E-state index in [1.54, 1.807) is 6.07 Å². The van der Waals surface area contributed by atoms with Crippen LogP contribution in [0.25, 0.3) is 0 Å². The average molecular weight is 276 g/mol.